The second kappa shape index (κ2) is 4.14. The van der Waals surface area contributed by atoms with Gasteiger partial charge in [0.2, 0.25) is 0 Å². The van der Waals surface area contributed by atoms with E-state index in [1.807, 2.05) is 5.38 Å². The average Bonchev–Trinajstić information content (AvgIpc) is 2.85. The third-order valence-corrected chi connectivity index (χ3v) is 3.81. The molecule has 4 N–H and O–H groups in total. The summed E-state index contributed by atoms with van der Waals surface area (Å²) in [5.41, 5.74) is 12.0. The largest absolute Gasteiger partial charge is 0.326 e. The first-order valence-corrected chi connectivity index (χ1v) is 5.83. The Labute approximate surface area is 89.6 Å². The number of nitrogens with zero attached hydrogens (tertiary/aromatic N) is 2. The molecule has 2 aromatic rings. The van der Waals surface area contributed by atoms with Gasteiger partial charge in [0.25, 0.3) is 0 Å². The molecule has 4 nitrogen and oxygen atoms in total. The molecule has 2 rings (SSSR count). The van der Waals surface area contributed by atoms with Crippen LogP contribution in [0.1, 0.15) is 10.6 Å². The monoisotopic (exact) mass is 226 g/mol. The van der Waals surface area contributed by atoms with E-state index in [1.165, 1.54) is 0 Å². The van der Waals surface area contributed by atoms with Gasteiger partial charge in [-0.25, -0.2) is 9.97 Å². The Balaban J connectivity index is 2.41. The van der Waals surface area contributed by atoms with Crippen molar-refractivity contribution in [3.63, 3.8) is 0 Å². The second-order valence-corrected chi connectivity index (χ2v) is 4.61. The van der Waals surface area contributed by atoms with Gasteiger partial charge in [-0.15, -0.1) is 22.7 Å². The van der Waals surface area contributed by atoms with E-state index in [0.717, 1.165) is 20.6 Å². The van der Waals surface area contributed by atoms with E-state index in [9.17, 15) is 0 Å². The smallest absolute Gasteiger partial charge is 0.152 e. The van der Waals surface area contributed by atoms with Gasteiger partial charge in [0.05, 0.1) is 5.69 Å². The molecular weight excluding hydrogens is 216 g/mol. The third kappa shape index (κ3) is 1.69. The van der Waals surface area contributed by atoms with Crippen molar-refractivity contribution in [1.82, 2.24) is 9.97 Å². The van der Waals surface area contributed by atoms with Crippen molar-refractivity contribution < 1.29 is 0 Å². The summed E-state index contributed by atoms with van der Waals surface area (Å²) in [6.45, 7) is 0.935. The van der Waals surface area contributed by atoms with E-state index in [4.69, 9.17) is 11.5 Å². The van der Waals surface area contributed by atoms with Crippen LogP contribution in [0, 0.1) is 0 Å². The fourth-order valence-corrected chi connectivity index (χ4v) is 2.77. The number of hydrogen-bond acceptors (Lipinski definition) is 6. The lowest BCUT2D eigenvalue weighted by Crippen LogP contribution is -2.03. The van der Waals surface area contributed by atoms with E-state index in [2.05, 4.69) is 9.97 Å². The van der Waals surface area contributed by atoms with Crippen molar-refractivity contribution in [3.8, 4) is 10.0 Å². The van der Waals surface area contributed by atoms with Crippen molar-refractivity contribution >= 4 is 22.7 Å². The molecule has 6 heteroatoms. The summed E-state index contributed by atoms with van der Waals surface area (Å²) in [6.07, 6.45) is 1.77. The molecule has 0 aromatic carbocycles. The SMILES string of the molecule is NCc1nc(-c2nccs2)sc1CN. The third-order valence-electron chi connectivity index (χ3n) is 1.77. The minimum Gasteiger partial charge on any atom is -0.326 e. The zero-order valence-electron chi connectivity index (χ0n) is 7.43. The Kier molecular flexibility index (Phi) is 2.87. The molecule has 74 valence electrons. The Morgan fingerprint density at radius 3 is 2.57 bits per heavy atom. The van der Waals surface area contributed by atoms with Crippen LogP contribution in [0.4, 0.5) is 0 Å². The molecule has 0 aliphatic carbocycles. The van der Waals surface area contributed by atoms with Crippen LogP contribution in [-0.2, 0) is 13.1 Å². The second-order valence-electron chi connectivity index (χ2n) is 2.63. The predicted octanol–water partition coefficient (Wildman–Crippen LogP) is 1.18. The Morgan fingerprint density at radius 2 is 2.07 bits per heavy atom. The number of nitrogens with two attached hydrogens (primary N) is 2. The number of rotatable bonds is 3. The molecule has 0 saturated heterocycles. The number of thiazole rings is 2. The van der Waals surface area contributed by atoms with Crippen molar-refractivity contribution in [2.45, 2.75) is 13.1 Å². The molecule has 0 unspecified atom stereocenters. The summed E-state index contributed by atoms with van der Waals surface area (Å²) in [7, 11) is 0. The summed E-state index contributed by atoms with van der Waals surface area (Å²) in [5.74, 6) is 0. The Hall–Kier alpha value is -0.820. The molecule has 0 radical (unpaired) electrons. The Morgan fingerprint density at radius 1 is 1.21 bits per heavy atom. The van der Waals surface area contributed by atoms with Crippen LogP contribution < -0.4 is 11.5 Å². The van der Waals surface area contributed by atoms with E-state index in [0.29, 0.717) is 13.1 Å². The average molecular weight is 226 g/mol. The summed E-state index contributed by atoms with van der Waals surface area (Å²) in [5, 5.41) is 3.78. The topological polar surface area (TPSA) is 77.8 Å². The van der Waals surface area contributed by atoms with Crippen molar-refractivity contribution in [1.29, 1.82) is 0 Å². The quantitative estimate of drug-likeness (QED) is 0.824. The summed E-state index contributed by atoms with van der Waals surface area (Å²) >= 11 is 3.15. The van der Waals surface area contributed by atoms with Gasteiger partial charge in [-0.2, -0.15) is 0 Å². The summed E-state index contributed by atoms with van der Waals surface area (Å²) in [4.78, 5) is 9.65. The molecule has 0 aliphatic heterocycles. The standard InChI is InChI=1S/C8H10N4S2/c9-3-5-6(4-10)14-8(12-5)7-11-1-2-13-7/h1-2H,3-4,9-10H2. The van der Waals surface area contributed by atoms with Gasteiger partial charge in [0.15, 0.2) is 10.0 Å². The highest BCUT2D eigenvalue weighted by Crippen LogP contribution is 2.28. The molecule has 0 spiro atoms. The van der Waals surface area contributed by atoms with Gasteiger partial charge in [0.1, 0.15) is 0 Å². The van der Waals surface area contributed by atoms with Crippen LogP contribution in [0.15, 0.2) is 11.6 Å². The normalized spacial score (nSPS) is 10.7. The molecule has 14 heavy (non-hydrogen) atoms. The van der Waals surface area contributed by atoms with Crippen LogP contribution in [0.2, 0.25) is 0 Å². The maximum absolute atomic E-state index is 5.59. The molecule has 0 aliphatic rings. The maximum atomic E-state index is 5.59. The minimum absolute atomic E-state index is 0.439. The van der Waals surface area contributed by atoms with Gasteiger partial charge >= 0.3 is 0 Å². The lowest BCUT2D eigenvalue weighted by atomic mass is 10.3. The number of aromatic nitrogens is 2. The van der Waals surface area contributed by atoms with E-state index in [-0.39, 0.29) is 0 Å². The van der Waals surface area contributed by atoms with Gasteiger partial charge in [-0.3, -0.25) is 0 Å². The van der Waals surface area contributed by atoms with Crippen LogP contribution in [0.3, 0.4) is 0 Å². The zero-order valence-corrected chi connectivity index (χ0v) is 9.07. The molecule has 0 atom stereocenters. The highest BCUT2D eigenvalue weighted by Gasteiger charge is 2.11. The molecule has 0 fully saturated rings. The molecule has 0 amide bonds. The molecule has 2 aromatic heterocycles. The van der Waals surface area contributed by atoms with Gasteiger partial charge in [-0.1, -0.05) is 0 Å². The van der Waals surface area contributed by atoms with Crippen LogP contribution in [0.25, 0.3) is 10.0 Å². The van der Waals surface area contributed by atoms with Crippen LogP contribution >= 0.6 is 22.7 Å². The van der Waals surface area contributed by atoms with Crippen LogP contribution in [-0.4, -0.2) is 9.97 Å². The summed E-state index contributed by atoms with van der Waals surface area (Å²) < 4.78 is 0. The molecule has 0 saturated carbocycles. The van der Waals surface area contributed by atoms with Gasteiger partial charge < -0.3 is 11.5 Å². The van der Waals surface area contributed by atoms with E-state index in [1.54, 1.807) is 28.9 Å². The molecule has 0 bridgehead atoms. The number of hydrogen-bond donors (Lipinski definition) is 2. The lowest BCUT2D eigenvalue weighted by molar-refractivity contribution is 0.959. The minimum atomic E-state index is 0.439. The Bertz CT molecular complexity index is 385. The maximum Gasteiger partial charge on any atom is 0.152 e. The van der Waals surface area contributed by atoms with E-state index < -0.39 is 0 Å². The predicted molar refractivity (Wildman–Crippen MR) is 59.0 cm³/mol. The first-order valence-electron chi connectivity index (χ1n) is 4.13. The first-order chi connectivity index (χ1) is 6.85. The first kappa shape index (κ1) is 9.72. The van der Waals surface area contributed by atoms with Crippen molar-refractivity contribution in [2.24, 2.45) is 11.5 Å². The summed E-state index contributed by atoms with van der Waals surface area (Å²) in [6, 6.07) is 0. The highest BCUT2D eigenvalue weighted by molar-refractivity contribution is 7.20. The molecule has 2 heterocycles. The molecular formula is C8H10N4S2. The highest BCUT2D eigenvalue weighted by atomic mass is 32.1. The zero-order chi connectivity index (χ0) is 9.97. The van der Waals surface area contributed by atoms with Crippen molar-refractivity contribution in [2.75, 3.05) is 0 Å². The van der Waals surface area contributed by atoms with Crippen molar-refractivity contribution in [3.05, 3.63) is 22.1 Å². The van der Waals surface area contributed by atoms with Gasteiger partial charge in [0, 0.05) is 29.5 Å². The lowest BCUT2D eigenvalue weighted by Gasteiger charge is -1.91. The fourth-order valence-electron chi connectivity index (χ4n) is 1.12. The fraction of sp³-hybridized carbons (Fsp3) is 0.250. The van der Waals surface area contributed by atoms with E-state index >= 15 is 0 Å². The van der Waals surface area contributed by atoms with Crippen LogP contribution in [0.5, 0.6) is 0 Å². The van der Waals surface area contributed by atoms with Gasteiger partial charge in [-0.05, 0) is 0 Å².